The number of nitrogens with zero attached hydrogens (tertiary/aromatic N) is 2. The van der Waals surface area contributed by atoms with Gasteiger partial charge >= 0.3 is 0 Å². The third kappa shape index (κ3) is 3.93. The van der Waals surface area contributed by atoms with Gasteiger partial charge in [-0.2, -0.15) is 0 Å². The maximum absolute atomic E-state index is 6.43. The molecule has 0 spiro atoms. The van der Waals surface area contributed by atoms with E-state index in [1.165, 1.54) is 27.7 Å². The van der Waals surface area contributed by atoms with E-state index in [2.05, 4.69) is 46.1 Å². The number of benzene rings is 2. The molecular weight excluding hydrogens is 389 g/mol. The molecule has 0 aliphatic carbocycles. The number of nitrogens with one attached hydrogen (secondary N) is 1. The number of fused-ring (bicyclic) bond motifs is 1. The molecule has 0 radical (unpaired) electrons. The minimum Gasteiger partial charge on any atom is -0.340 e. The van der Waals surface area contributed by atoms with Crippen LogP contribution in [0, 0.1) is 6.92 Å². The average Bonchev–Trinajstić information content (AvgIpc) is 2.97. The first-order valence-electron chi connectivity index (χ1n) is 9.23. The van der Waals surface area contributed by atoms with Crippen LogP contribution in [0.15, 0.2) is 67.0 Å². The van der Waals surface area contributed by atoms with Gasteiger partial charge in [-0.05, 0) is 53.9 Å². The monoisotopic (exact) mass is 409 g/mol. The number of aromatic nitrogens is 2. The number of para-hydroxylation sites is 1. The van der Waals surface area contributed by atoms with Crippen molar-refractivity contribution in [3.8, 4) is 0 Å². The zero-order chi connectivity index (χ0) is 19.5. The van der Waals surface area contributed by atoms with Gasteiger partial charge in [0.05, 0.1) is 0 Å². The van der Waals surface area contributed by atoms with E-state index in [0.717, 1.165) is 18.7 Å². The van der Waals surface area contributed by atoms with E-state index < -0.39 is 0 Å². The predicted octanol–water partition coefficient (Wildman–Crippen LogP) is 5.99. The Labute approximate surface area is 174 Å². The summed E-state index contributed by atoms with van der Waals surface area (Å²) < 4.78 is 2.33. The van der Waals surface area contributed by atoms with Gasteiger partial charge < -0.3 is 9.88 Å². The van der Waals surface area contributed by atoms with Crippen LogP contribution in [-0.4, -0.2) is 9.55 Å². The lowest BCUT2D eigenvalue weighted by Crippen LogP contribution is -2.13. The number of rotatable bonds is 6. The standard InChI is InChI=1S/C23H21Cl2N3/c1-16-21(14-27-13-17-8-10-26-11-9-17)20-4-2-3-5-23(20)28(16)15-18-6-7-19(24)12-22(18)25/h2-12,27H,13-15H2,1H3. The second-order valence-electron chi connectivity index (χ2n) is 6.86. The fourth-order valence-corrected chi connectivity index (χ4v) is 4.05. The van der Waals surface area contributed by atoms with Gasteiger partial charge in [-0.3, -0.25) is 4.98 Å². The summed E-state index contributed by atoms with van der Waals surface area (Å²) in [4.78, 5) is 4.07. The molecule has 0 unspecified atom stereocenters. The van der Waals surface area contributed by atoms with Crippen molar-refractivity contribution in [1.29, 1.82) is 0 Å². The van der Waals surface area contributed by atoms with Crippen LogP contribution in [0.2, 0.25) is 10.0 Å². The second kappa shape index (κ2) is 8.36. The third-order valence-electron chi connectivity index (χ3n) is 5.09. The summed E-state index contributed by atoms with van der Waals surface area (Å²) in [5.74, 6) is 0. The summed E-state index contributed by atoms with van der Waals surface area (Å²) in [5, 5.41) is 6.19. The fourth-order valence-electron chi connectivity index (χ4n) is 3.58. The maximum atomic E-state index is 6.43. The first-order chi connectivity index (χ1) is 13.6. The SMILES string of the molecule is Cc1c(CNCc2ccncc2)c2ccccc2n1Cc1ccc(Cl)cc1Cl. The van der Waals surface area contributed by atoms with Crippen molar-refractivity contribution in [2.75, 3.05) is 0 Å². The van der Waals surface area contributed by atoms with Crippen LogP contribution in [0.5, 0.6) is 0 Å². The minimum atomic E-state index is 0.656. The summed E-state index contributed by atoms with van der Waals surface area (Å²) in [7, 11) is 0. The van der Waals surface area contributed by atoms with Crippen LogP contribution in [0.1, 0.15) is 22.4 Å². The highest BCUT2D eigenvalue weighted by molar-refractivity contribution is 6.35. The zero-order valence-electron chi connectivity index (χ0n) is 15.6. The van der Waals surface area contributed by atoms with Crippen LogP contribution < -0.4 is 5.32 Å². The molecule has 0 saturated carbocycles. The Morgan fingerprint density at radius 3 is 2.54 bits per heavy atom. The van der Waals surface area contributed by atoms with E-state index in [4.69, 9.17) is 23.2 Å². The average molecular weight is 410 g/mol. The van der Waals surface area contributed by atoms with Gasteiger partial charge in [0, 0.05) is 58.7 Å². The summed E-state index contributed by atoms with van der Waals surface area (Å²) in [5.41, 5.74) is 6.06. The van der Waals surface area contributed by atoms with Crippen molar-refractivity contribution in [2.24, 2.45) is 0 Å². The number of hydrogen-bond acceptors (Lipinski definition) is 2. The lowest BCUT2D eigenvalue weighted by Gasteiger charge is -2.11. The quantitative estimate of drug-likeness (QED) is 0.423. The minimum absolute atomic E-state index is 0.656. The number of hydrogen-bond donors (Lipinski definition) is 1. The highest BCUT2D eigenvalue weighted by Crippen LogP contribution is 2.29. The van der Waals surface area contributed by atoms with E-state index in [1.54, 1.807) is 6.07 Å². The van der Waals surface area contributed by atoms with E-state index in [9.17, 15) is 0 Å². The van der Waals surface area contributed by atoms with Crippen LogP contribution in [-0.2, 0) is 19.6 Å². The Morgan fingerprint density at radius 2 is 1.75 bits per heavy atom. The molecule has 2 aromatic carbocycles. The summed E-state index contributed by atoms with van der Waals surface area (Å²) in [6.07, 6.45) is 3.65. The number of halogens is 2. The van der Waals surface area contributed by atoms with Gasteiger partial charge in [-0.1, -0.05) is 47.5 Å². The van der Waals surface area contributed by atoms with Crippen molar-refractivity contribution < 1.29 is 0 Å². The van der Waals surface area contributed by atoms with Crippen molar-refractivity contribution in [3.63, 3.8) is 0 Å². The van der Waals surface area contributed by atoms with Gasteiger partial charge in [-0.25, -0.2) is 0 Å². The molecule has 2 heterocycles. The number of pyridine rings is 1. The highest BCUT2D eigenvalue weighted by atomic mass is 35.5. The van der Waals surface area contributed by atoms with Gasteiger partial charge in [0.2, 0.25) is 0 Å². The first kappa shape index (κ1) is 19.0. The van der Waals surface area contributed by atoms with E-state index >= 15 is 0 Å². The van der Waals surface area contributed by atoms with Crippen molar-refractivity contribution in [3.05, 3.63) is 99.4 Å². The normalized spacial score (nSPS) is 11.2. The molecule has 3 nitrogen and oxygen atoms in total. The van der Waals surface area contributed by atoms with Gasteiger partial charge in [-0.15, -0.1) is 0 Å². The smallest absolute Gasteiger partial charge is 0.0493 e. The predicted molar refractivity (Wildman–Crippen MR) is 117 cm³/mol. The molecule has 2 aromatic heterocycles. The van der Waals surface area contributed by atoms with Crippen LogP contribution in [0.25, 0.3) is 10.9 Å². The fraction of sp³-hybridized carbons (Fsp3) is 0.174. The Kier molecular flexibility index (Phi) is 5.67. The molecule has 28 heavy (non-hydrogen) atoms. The van der Waals surface area contributed by atoms with Crippen LogP contribution >= 0.6 is 23.2 Å². The lowest BCUT2D eigenvalue weighted by atomic mass is 10.1. The third-order valence-corrected chi connectivity index (χ3v) is 5.67. The molecule has 0 saturated heterocycles. The van der Waals surface area contributed by atoms with Gasteiger partial charge in [0.15, 0.2) is 0 Å². The van der Waals surface area contributed by atoms with E-state index in [0.29, 0.717) is 16.6 Å². The van der Waals surface area contributed by atoms with E-state index in [1.807, 2.05) is 36.7 Å². The molecule has 0 aliphatic rings. The summed E-state index contributed by atoms with van der Waals surface area (Å²) in [6, 6.07) is 18.3. The molecule has 4 rings (SSSR count). The molecule has 0 fully saturated rings. The topological polar surface area (TPSA) is 29.9 Å². The molecule has 1 N–H and O–H groups in total. The highest BCUT2D eigenvalue weighted by Gasteiger charge is 2.14. The Bertz CT molecular complexity index is 1100. The Balaban J connectivity index is 1.63. The lowest BCUT2D eigenvalue weighted by molar-refractivity contribution is 0.685. The molecule has 142 valence electrons. The molecular formula is C23H21Cl2N3. The van der Waals surface area contributed by atoms with Crippen molar-refractivity contribution >= 4 is 34.1 Å². The first-order valence-corrected chi connectivity index (χ1v) is 9.99. The van der Waals surface area contributed by atoms with E-state index in [-0.39, 0.29) is 0 Å². The van der Waals surface area contributed by atoms with Crippen LogP contribution in [0.3, 0.4) is 0 Å². The second-order valence-corrected chi connectivity index (χ2v) is 7.71. The van der Waals surface area contributed by atoms with Gasteiger partial charge in [0.25, 0.3) is 0 Å². The summed E-state index contributed by atoms with van der Waals surface area (Å²) in [6.45, 7) is 4.50. The van der Waals surface area contributed by atoms with Crippen LogP contribution in [0.4, 0.5) is 0 Å². The molecule has 0 atom stereocenters. The molecule has 0 amide bonds. The summed E-state index contributed by atoms with van der Waals surface area (Å²) >= 11 is 12.5. The zero-order valence-corrected chi connectivity index (χ0v) is 17.1. The van der Waals surface area contributed by atoms with Crippen molar-refractivity contribution in [2.45, 2.75) is 26.6 Å². The largest absolute Gasteiger partial charge is 0.340 e. The van der Waals surface area contributed by atoms with Gasteiger partial charge in [0.1, 0.15) is 0 Å². The maximum Gasteiger partial charge on any atom is 0.0493 e. The molecule has 0 aliphatic heterocycles. The molecule has 5 heteroatoms. The molecule has 0 bridgehead atoms. The Hall–Kier alpha value is -2.33. The Morgan fingerprint density at radius 1 is 0.964 bits per heavy atom. The van der Waals surface area contributed by atoms with Crippen molar-refractivity contribution in [1.82, 2.24) is 14.9 Å². The molecule has 4 aromatic rings.